The van der Waals surface area contributed by atoms with Gasteiger partial charge in [0.2, 0.25) is 0 Å². The van der Waals surface area contributed by atoms with Crippen LogP contribution in [0.4, 0.5) is 4.39 Å². The molecule has 1 atom stereocenters. The van der Waals surface area contributed by atoms with Crippen molar-refractivity contribution >= 4 is 11.3 Å². The van der Waals surface area contributed by atoms with E-state index in [-0.39, 0.29) is 0 Å². The molecule has 78 valence electrons. The Morgan fingerprint density at radius 1 is 1.47 bits per heavy atom. The quantitative estimate of drug-likeness (QED) is 0.867. The summed E-state index contributed by atoms with van der Waals surface area (Å²) in [6, 6.07) is 3.25. The Labute approximate surface area is 91.0 Å². The summed E-state index contributed by atoms with van der Waals surface area (Å²) in [5.74, 6) is -0.420. The number of aliphatic hydroxyl groups is 1. The highest BCUT2D eigenvalue weighted by Gasteiger charge is 2.09. The third-order valence-electron chi connectivity index (χ3n) is 2.12. The van der Waals surface area contributed by atoms with Crippen LogP contribution < -0.4 is 0 Å². The summed E-state index contributed by atoms with van der Waals surface area (Å²) >= 11 is 1.58. The molecule has 0 aliphatic rings. The molecule has 2 nitrogen and oxygen atoms in total. The molecule has 1 unspecified atom stereocenters. The Kier molecular flexibility index (Phi) is 3.08. The van der Waals surface area contributed by atoms with Gasteiger partial charge in [-0.1, -0.05) is 0 Å². The molecule has 2 rings (SSSR count). The van der Waals surface area contributed by atoms with Crippen molar-refractivity contribution < 1.29 is 9.50 Å². The molecule has 2 aromatic heterocycles. The first-order chi connectivity index (χ1) is 7.25. The zero-order valence-electron chi connectivity index (χ0n) is 7.93. The lowest BCUT2D eigenvalue weighted by atomic mass is 10.1. The molecule has 2 aromatic rings. The summed E-state index contributed by atoms with van der Waals surface area (Å²) in [4.78, 5) is 3.70. The zero-order chi connectivity index (χ0) is 10.7. The van der Waals surface area contributed by atoms with Crippen molar-refractivity contribution in [2.24, 2.45) is 0 Å². The summed E-state index contributed by atoms with van der Waals surface area (Å²) in [5, 5.41) is 13.7. The molecule has 0 aromatic carbocycles. The second-order valence-corrected chi connectivity index (χ2v) is 4.07. The van der Waals surface area contributed by atoms with Crippen LogP contribution in [0.5, 0.6) is 0 Å². The highest BCUT2D eigenvalue weighted by Crippen LogP contribution is 2.19. The molecular formula is C11H10FNOS. The summed E-state index contributed by atoms with van der Waals surface area (Å²) in [6.07, 6.45) is 2.41. The van der Waals surface area contributed by atoms with Crippen LogP contribution >= 0.6 is 11.3 Å². The van der Waals surface area contributed by atoms with E-state index in [1.807, 2.05) is 16.8 Å². The van der Waals surface area contributed by atoms with E-state index in [9.17, 15) is 9.50 Å². The van der Waals surface area contributed by atoms with Crippen LogP contribution in [0.1, 0.15) is 17.2 Å². The molecule has 0 saturated heterocycles. The van der Waals surface area contributed by atoms with E-state index >= 15 is 0 Å². The standard InChI is InChI=1S/C11H10FNOS/c12-10-4-9(5-13-6-10)11(14)3-8-1-2-15-7-8/h1-2,4-7,11,14H,3H2. The van der Waals surface area contributed by atoms with Gasteiger partial charge in [-0.3, -0.25) is 4.98 Å². The number of aromatic nitrogens is 1. The van der Waals surface area contributed by atoms with Gasteiger partial charge in [-0.25, -0.2) is 4.39 Å². The highest BCUT2D eigenvalue weighted by atomic mass is 32.1. The van der Waals surface area contributed by atoms with E-state index in [0.717, 1.165) is 11.8 Å². The largest absolute Gasteiger partial charge is 0.388 e. The minimum absolute atomic E-state index is 0.420. The number of aliphatic hydroxyl groups excluding tert-OH is 1. The van der Waals surface area contributed by atoms with E-state index in [0.29, 0.717) is 12.0 Å². The predicted molar refractivity (Wildman–Crippen MR) is 57.2 cm³/mol. The van der Waals surface area contributed by atoms with Crippen molar-refractivity contribution in [1.82, 2.24) is 4.98 Å². The molecule has 0 aliphatic carbocycles. The molecule has 0 saturated carbocycles. The number of nitrogens with zero attached hydrogens (tertiary/aromatic N) is 1. The van der Waals surface area contributed by atoms with E-state index in [4.69, 9.17) is 0 Å². The summed E-state index contributed by atoms with van der Waals surface area (Å²) in [6.45, 7) is 0. The van der Waals surface area contributed by atoms with Gasteiger partial charge in [0.05, 0.1) is 12.3 Å². The molecule has 0 spiro atoms. The molecule has 1 N–H and O–H groups in total. The van der Waals surface area contributed by atoms with Crippen molar-refractivity contribution in [2.75, 3.05) is 0 Å². The number of pyridine rings is 1. The maximum atomic E-state index is 12.8. The molecule has 0 radical (unpaired) electrons. The van der Waals surface area contributed by atoms with Gasteiger partial charge in [-0.15, -0.1) is 0 Å². The lowest BCUT2D eigenvalue weighted by molar-refractivity contribution is 0.177. The first kappa shape index (κ1) is 10.3. The van der Waals surface area contributed by atoms with Crippen LogP contribution in [-0.2, 0) is 6.42 Å². The Morgan fingerprint density at radius 2 is 2.33 bits per heavy atom. The predicted octanol–water partition coefficient (Wildman–Crippen LogP) is 2.56. The van der Waals surface area contributed by atoms with Crippen LogP contribution in [0.2, 0.25) is 0 Å². The summed E-state index contributed by atoms with van der Waals surface area (Å²) < 4.78 is 12.8. The summed E-state index contributed by atoms with van der Waals surface area (Å²) in [7, 11) is 0. The van der Waals surface area contributed by atoms with Crippen molar-refractivity contribution in [3.05, 3.63) is 52.2 Å². The SMILES string of the molecule is OC(Cc1ccsc1)c1cncc(F)c1. The maximum absolute atomic E-state index is 12.8. The fraction of sp³-hybridized carbons (Fsp3) is 0.182. The number of rotatable bonds is 3. The van der Waals surface area contributed by atoms with Crippen LogP contribution in [0.25, 0.3) is 0 Å². The van der Waals surface area contributed by atoms with Gasteiger partial charge in [-0.2, -0.15) is 11.3 Å². The average molecular weight is 223 g/mol. The number of hydrogen-bond donors (Lipinski definition) is 1. The second kappa shape index (κ2) is 4.51. The maximum Gasteiger partial charge on any atom is 0.141 e. The zero-order valence-corrected chi connectivity index (χ0v) is 8.75. The van der Waals surface area contributed by atoms with E-state index in [2.05, 4.69) is 4.98 Å². The third-order valence-corrected chi connectivity index (χ3v) is 2.85. The Morgan fingerprint density at radius 3 is 3.00 bits per heavy atom. The lowest BCUT2D eigenvalue weighted by Gasteiger charge is -2.08. The van der Waals surface area contributed by atoms with Crippen LogP contribution in [0.3, 0.4) is 0 Å². The topological polar surface area (TPSA) is 33.1 Å². The molecule has 15 heavy (non-hydrogen) atoms. The van der Waals surface area contributed by atoms with Gasteiger partial charge in [0.1, 0.15) is 5.82 Å². The molecule has 4 heteroatoms. The minimum atomic E-state index is -0.692. The van der Waals surface area contributed by atoms with Crippen LogP contribution in [0, 0.1) is 5.82 Å². The molecule has 0 amide bonds. The number of halogens is 1. The monoisotopic (exact) mass is 223 g/mol. The molecular weight excluding hydrogens is 213 g/mol. The van der Waals surface area contributed by atoms with E-state index in [1.165, 1.54) is 12.3 Å². The Hall–Kier alpha value is -1.26. The first-order valence-electron chi connectivity index (χ1n) is 4.55. The van der Waals surface area contributed by atoms with Gasteiger partial charge >= 0.3 is 0 Å². The number of hydrogen-bond acceptors (Lipinski definition) is 3. The van der Waals surface area contributed by atoms with E-state index < -0.39 is 11.9 Å². The Bertz CT molecular complexity index is 430. The molecule has 0 bridgehead atoms. The van der Waals surface area contributed by atoms with Gasteiger partial charge in [0.25, 0.3) is 0 Å². The molecule has 0 aliphatic heterocycles. The molecule has 2 heterocycles. The van der Waals surface area contributed by atoms with Crippen LogP contribution in [0.15, 0.2) is 35.3 Å². The molecule has 0 fully saturated rings. The van der Waals surface area contributed by atoms with Crippen molar-refractivity contribution in [1.29, 1.82) is 0 Å². The smallest absolute Gasteiger partial charge is 0.141 e. The lowest BCUT2D eigenvalue weighted by Crippen LogP contribution is -2.02. The normalized spacial score (nSPS) is 12.7. The minimum Gasteiger partial charge on any atom is -0.388 e. The fourth-order valence-corrected chi connectivity index (χ4v) is 2.04. The van der Waals surface area contributed by atoms with E-state index in [1.54, 1.807) is 11.3 Å². The first-order valence-corrected chi connectivity index (χ1v) is 5.49. The highest BCUT2D eigenvalue weighted by molar-refractivity contribution is 7.07. The van der Waals surface area contributed by atoms with Gasteiger partial charge < -0.3 is 5.11 Å². The average Bonchev–Trinajstić information content (AvgIpc) is 2.70. The van der Waals surface area contributed by atoms with Crippen molar-refractivity contribution in [3.63, 3.8) is 0 Å². The second-order valence-electron chi connectivity index (χ2n) is 3.29. The van der Waals surface area contributed by atoms with Crippen molar-refractivity contribution in [3.8, 4) is 0 Å². The van der Waals surface area contributed by atoms with Gasteiger partial charge in [-0.05, 0) is 28.5 Å². The number of thiophene rings is 1. The third kappa shape index (κ3) is 2.61. The van der Waals surface area contributed by atoms with Gasteiger partial charge in [0.15, 0.2) is 0 Å². The summed E-state index contributed by atoms with van der Waals surface area (Å²) in [5.41, 5.74) is 1.57. The Balaban J connectivity index is 2.11. The van der Waals surface area contributed by atoms with Crippen molar-refractivity contribution in [2.45, 2.75) is 12.5 Å². The van der Waals surface area contributed by atoms with Gasteiger partial charge in [0, 0.05) is 18.2 Å². The van der Waals surface area contributed by atoms with Crippen LogP contribution in [-0.4, -0.2) is 10.1 Å². The fourth-order valence-electron chi connectivity index (χ4n) is 1.36.